The SMILES string of the molecule is CC(C)(C)O[C@@H]1C[C@H](COCc2ccccc2)OC(=O)CCCC[C@H]1I. The molecule has 1 aromatic rings. The molecule has 2 rings (SSSR count). The quantitative estimate of drug-likeness (QED) is 0.340. The molecular formula is C21H31IO4. The molecule has 3 atom stereocenters. The van der Waals surface area contributed by atoms with E-state index >= 15 is 0 Å². The number of cyclic esters (lactones) is 1. The van der Waals surface area contributed by atoms with E-state index in [1.807, 2.05) is 30.3 Å². The van der Waals surface area contributed by atoms with Crippen molar-refractivity contribution in [3.05, 3.63) is 35.9 Å². The molecule has 0 amide bonds. The summed E-state index contributed by atoms with van der Waals surface area (Å²) in [5.41, 5.74) is 0.894. The molecule has 1 heterocycles. The molecule has 0 N–H and O–H groups in total. The van der Waals surface area contributed by atoms with Crippen LogP contribution in [0.4, 0.5) is 0 Å². The molecule has 0 bridgehead atoms. The first-order chi connectivity index (χ1) is 12.3. The number of esters is 1. The van der Waals surface area contributed by atoms with Gasteiger partial charge >= 0.3 is 5.97 Å². The van der Waals surface area contributed by atoms with Gasteiger partial charge in [-0.2, -0.15) is 0 Å². The summed E-state index contributed by atoms with van der Waals surface area (Å²) in [5, 5.41) is 0. The first-order valence-electron chi connectivity index (χ1n) is 9.46. The number of carbonyl (C=O) groups is 1. The highest BCUT2D eigenvalue weighted by Crippen LogP contribution is 2.27. The molecule has 146 valence electrons. The van der Waals surface area contributed by atoms with Crippen molar-refractivity contribution in [3.63, 3.8) is 0 Å². The Bertz CT molecular complexity index is 541. The normalized spacial score (nSPS) is 25.5. The first-order valence-corrected chi connectivity index (χ1v) is 10.7. The fourth-order valence-electron chi connectivity index (χ4n) is 3.05. The van der Waals surface area contributed by atoms with E-state index in [2.05, 4.69) is 43.4 Å². The first kappa shape index (κ1) is 21.6. The highest BCUT2D eigenvalue weighted by molar-refractivity contribution is 14.1. The van der Waals surface area contributed by atoms with Crippen molar-refractivity contribution >= 4 is 28.6 Å². The molecule has 4 nitrogen and oxygen atoms in total. The fourth-order valence-corrected chi connectivity index (χ4v) is 3.94. The Morgan fingerprint density at radius 2 is 1.92 bits per heavy atom. The average Bonchev–Trinajstić information content (AvgIpc) is 2.57. The van der Waals surface area contributed by atoms with Crippen molar-refractivity contribution in [2.75, 3.05) is 6.61 Å². The number of hydrogen-bond acceptors (Lipinski definition) is 4. The minimum absolute atomic E-state index is 0.0480. The van der Waals surface area contributed by atoms with Crippen LogP contribution in [0, 0.1) is 0 Å². The van der Waals surface area contributed by atoms with Gasteiger partial charge in [0.25, 0.3) is 0 Å². The average molecular weight is 474 g/mol. The number of alkyl halides is 1. The summed E-state index contributed by atoms with van der Waals surface area (Å²) in [4.78, 5) is 12.1. The highest BCUT2D eigenvalue weighted by Gasteiger charge is 2.30. The predicted octanol–water partition coefficient (Wildman–Crippen LogP) is 5.07. The van der Waals surface area contributed by atoms with Crippen molar-refractivity contribution in [3.8, 4) is 0 Å². The highest BCUT2D eigenvalue weighted by atomic mass is 127. The number of carbonyl (C=O) groups excluding carboxylic acids is 1. The van der Waals surface area contributed by atoms with Crippen LogP contribution in [-0.2, 0) is 25.6 Å². The number of halogens is 1. The molecule has 1 fully saturated rings. The van der Waals surface area contributed by atoms with E-state index in [-0.39, 0.29) is 23.8 Å². The zero-order valence-corrected chi connectivity index (χ0v) is 18.2. The third-order valence-corrected chi connectivity index (χ3v) is 5.65. The van der Waals surface area contributed by atoms with E-state index in [9.17, 15) is 4.79 Å². The second-order valence-corrected chi connectivity index (χ2v) is 9.48. The van der Waals surface area contributed by atoms with Crippen LogP contribution in [0.5, 0.6) is 0 Å². The van der Waals surface area contributed by atoms with Crippen LogP contribution in [0.2, 0.25) is 0 Å². The zero-order chi connectivity index (χ0) is 19.0. The maximum atomic E-state index is 12.1. The third-order valence-electron chi connectivity index (χ3n) is 4.23. The van der Waals surface area contributed by atoms with Crippen LogP contribution >= 0.6 is 22.6 Å². The van der Waals surface area contributed by atoms with Crippen molar-refractivity contribution < 1.29 is 19.0 Å². The van der Waals surface area contributed by atoms with Crippen molar-refractivity contribution in [1.29, 1.82) is 0 Å². The molecule has 0 saturated carbocycles. The van der Waals surface area contributed by atoms with Gasteiger partial charge in [0, 0.05) is 16.8 Å². The van der Waals surface area contributed by atoms with Gasteiger partial charge in [-0.15, -0.1) is 0 Å². The molecular weight excluding hydrogens is 443 g/mol. The number of benzene rings is 1. The molecule has 26 heavy (non-hydrogen) atoms. The van der Waals surface area contributed by atoms with Gasteiger partial charge in [-0.25, -0.2) is 0 Å². The van der Waals surface area contributed by atoms with Gasteiger partial charge in [0.05, 0.1) is 24.9 Å². The predicted molar refractivity (Wildman–Crippen MR) is 111 cm³/mol. The lowest BCUT2D eigenvalue weighted by molar-refractivity contribution is -0.157. The van der Waals surface area contributed by atoms with Crippen molar-refractivity contribution in [2.45, 2.75) is 81.2 Å². The largest absolute Gasteiger partial charge is 0.460 e. The second-order valence-electron chi connectivity index (χ2n) is 7.88. The van der Waals surface area contributed by atoms with Crippen LogP contribution in [-0.4, -0.2) is 34.3 Å². The maximum Gasteiger partial charge on any atom is 0.306 e. The number of rotatable bonds is 5. The van der Waals surface area contributed by atoms with Crippen LogP contribution in [0.3, 0.4) is 0 Å². The van der Waals surface area contributed by atoms with Gasteiger partial charge in [0.2, 0.25) is 0 Å². The Kier molecular flexibility index (Phi) is 8.84. The molecule has 0 unspecified atom stereocenters. The smallest absolute Gasteiger partial charge is 0.306 e. The molecule has 0 radical (unpaired) electrons. The number of hydrogen-bond donors (Lipinski definition) is 0. The van der Waals surface area contributed by atoms with E-state index in [0.29, 0.717) is 30.0 Å². The molecule has 1 aromatic carbocycles. The maximum absolute atomic E-state index is 12.1. The van der Waals surface area contributed by atoms with Crippen LogP contribution in [0.1, 0.15) is 58.4 Å². The monoisotopic (exact) mass is 474 g/mol. The summed E-state index contributed by atoms with van der Waals surface area (Å²) in [6.07, 6.45) is 3.90. The fraction of sp³-hybridized carbons (Fsp3) is 0.667. The molecule has 1 aliphatic heterocycles. The standard InChI is InChI=1S/C21H31IO4/c1-21(2,3)26-19-13-17(15-24-14-16-9-5-4-6-10-16)25-20(23)12-8-7-11-18(19)22/h4-6,9-10,17-19H,7-8,11-15H2,1-3H3/t17-,18-,19-/m1/s1. The Morgan fingerprint density at radius 1 is 1.19 bits per heavy atom. The van der Waals surface area contributed by atoms with Gasteiger partial charge in [0.1, 0.15) is 6.10 Å². The van der Waals surface area contributed by atoms with Crippen LogP contribution in [0.25, 0.3) is 0 Å². The van der Waals surface area contributed by atoms with Gasteiger partial charge in [0.15, 0.2) is 0 Å². The van der Waals surface area contributed by atoms with E-state index in [4.69, 9.17) is 14.2 Å². The van der Waals surface area contributed by atoms with Crippen molar-refractivity contribution in [1.82, 2.24) is 0 Å². The van der Waals surface area contributed by atoms with Gasteiger partial charge in [-0.1, -0.05) is 59.3 Å². The van der Waals surface area contributed by atoms with E-state index < -0.39 is 0 Å². The summed E-state index contributed by atoms with van der Waals surface area (Å²) in [6, 6.07) is 10.0. The molecule has 1 aliphatic rings. The lowest BCUT2D eigenvalue weighted by Gasteiger charge is -2.33. The van der Waals surface area contributed by atoms with Gasteiger partial charge in [-0.3, -0.25) is 4.79 Å². The van der Waals surface area contributed by atoms with Crippen LogP contribution in [0.15, 0.2) is 30.3 Å². The summed E-state index contributed by atoms with van der Waals surface area (Å²) in [5.74, 6) is -0.125. The molecule has 0 spiro atoms. The molecule has 5 heteroatoms. The Morgan fingerprint density at radius 3 is 2.62 bits per heavy atom. The minimum Gasteiger partial charge on any atom is -0.460 e. The van der Waals surface area contributed by atoms with Gasteiger partial charge in [-0.05, 0) is 39.2 Å². The summed E-state index contributed by atoms with van der Waals surface area (Å²) in [7, 11) is 0. The molecule has 1 saturated heterocycles. The van der Waals surface area contributed by atoms with Crippen LogP contribution < -0.4 is 0 Å². The minimum atomic E-state index is -0.270. The van der Waals surface area contributed by atoms with E-state index in [1.165, 1.54) is 0 Å². The van der Waals surface area contributed by atoms with E-state index in [1.54, 1.807) is 0 Å². The Labute approximate surface area is 171 Å². The second kappa shape index (κ2) is 10.6. The summed E-state index contributed by atoms with van der Waals surface area (Å²) in [6.45, 7) is 7.13. The van der Waals surface area contributed by atoms with E-state index in [0.717, 1.165) is 24.8 Å². The third kappa shape index (κ3) is 8.35. The van der Waals surface area contributed by atoms with Gasteiger partial charge < -0.3 is 14.2 Å². The Balaban J connectivity index is 1.99. The zero-order valence-electron chi connectivity index (χ0n) is 16.1. The summed E-state index contributed by atoms with van der Waals surface area (Å²) < 4.78 is 18.3. The Hall–Kier alpha value is -0.660. The molecule has 0 aliphatic carbocycles. The number of ether oxygens (including phenoxy) is 3. The van der Waals surface area contributed by atoms with Crippen molar-refractivity contribution in [2.24, 2.45) is 0 Å². The lowest BCUT2D eigenvalue weighted by Crippen LogP contribution is -2.39. The summed E-state index contributed by atoms with van der Waals surface area (Å²) >= 11 is 2.49. The topological polar surface area (TPSA) is 44.8 Å². The lowest BCUT2D eigenvalue weighted by atomic mass is 10.0. The molecule has 0 aromatic heterocycles.